The molecule has 3 saturated heterocycles. The summed E-state index contributed by atoms with van der Waals surface area (Å²) in [6.45, 7) is 4.83. The van der Waals surface area contributed by atoms with Gasteiger partial charge in [-0.25, -0.2) is 64.6 Å². The lowest BCUT2D eigenvalue weighted by Gasteiger charge is -2.31. The largest absolute Gasteiger partial charge is 0.406 e. The van der Waals surface area contributed by atoms with Gasteiger partial charge in [-0.1, -0.05) is 36.4 Å². The SMILES string of the molecule is [C-]#[N+]CCOP1(=O)NC[C@H]2OC(n3cnc4c(NC(=O)c5ccccc5)ncnc43)[C@H](F)[C@@H]2OP(=O)(OCCC#N)NC[C@H]2OC(n3cnc4c(NC(=O)c5ccccc5)ncnc43)[C@H](F)[C@@H]2O1. The Morgan fingerprint density at radius 1 is 0.750 bits per heavy atom. The molecule has 0 saturated carbocycles. The van der Waals surface area contributed by atoms with E-state index in [1.165, 1.54) is 21.8 Å². The molecular formula is C40H38F2N14O10P2. The number of nitriles is 1. The number of ether oxygens (including phenoxy) is 2. The first kappa shape index (κ1) is 46.6. The van der Waals surface area contributed by atoms with Crippen molar-refractivity contribution in [3.05, 3.63) is 109 Å². The van der Waals surface area contributed by atoms with Gasteiger partial charge in [0.05, 0.1) is 31.8 Å². The Morgan fingerprint density at radius 3 is 1.65 bits per heavy atom. The maximum atomic E-state index is 17.1. The number of aromatic nitrogens is 8. The average molecular weight is 975 g/mol. The van der Waals surface area contributed by atoms with Crippen LogP contribution < -0.4 is 20.8 Å². The van der Waals surface area contributed by atoms with Crippen LogP contribution in [0.25, 0.3) is 27.2 Å². The molecule has 68 heavy (non-hydrogen) atoms. The quantitative estimate of drug-likeness (QED) is 0.0735. The number of carbonyl (C=O) groups excluding carboxylic acids is 2. The predicted molar refractivity (Wildman–Crippen MR) is 232 cm³/mol. The number of halogens is 2. The third-order valence-electron chi connectivity index (χ3n) is 10.8. The lowest BCUT2D eigenvalue weighted by molar-refractivity contribution is -0.0255. The van der Waals surface area contributed by atoms with Crippen LogP contribution in [0, 0.1) is 17.9 Å². The first-order valence-corrected chi connectivity index (χ1v) is 23.8. The van der Waals surface area contributed by atoms with Crippen LogP contribution in [0.15, 0.2) is 86.0 Å². The van der Waals surface area contributed by atoms with E-state index in [2.05, 4.69) is 55.6 Å². The molecule has 2 amide bonds. The molecule has 7 heterocycles. The zero-order chi connectivity index (χ0) is 47.4. The second-order valence-corrected chi connectivity index (χ2v) is 18.6. The molecule has 0 aliphatic carbocycles. The second kappa shape index (κ2) is 20.0. The number of rotatable bonds is 12. The Bertz CT molecular complexity index is 2800. The molecule has 2 aromatic carbocycles. The van der Waals surface area contributed by atoms with E-state index in [0.717, 1.165) is 12.7 Å². The van der Waals surface area contributed by atoms with Crippen molar-refractivity contribution < 1.29 is 55.1 Å². The van der Waals surface area contributed by atoms with E-state index in [9.17, 15) is 24.0 Å². The summed E-state index contributed by atoms with van der Waals surface area (Å²) in [5.41, 5.74) is 0.818. The number of fused-ring (bicyclic) bond motifs is 4. The highest BCUT2D eigenvalue weighted by atomic mass is 31.2. The standard InChI is InChI=1S/C40H38F2N14O10P2/c1-44-14-16-62-68(60)52-18-26-31(27(41)39(64-26)55-21-49-29-33(45-19-47-35(29)55)53-37(57)23-9-4-2-5-10-23)65-67(59,61-15-8-13-43)51-17-25-32(66-68)28(42)40(63-25)56-22-50-30-34(46-20-48-36(30)56)54-38(58)24-11-6-3-7-12-24/h2-7,9-12,19-22,25-28,31-32,39-40H,8,14-18H2,(H,51,59)(H,52,60)(H,45,47,53,57)(H,46,48,54,58)/t25-,26-,27-,28-,31-,32-,39?,40?,67?,68?/m1/s1. The van der Waals surface area contributed by atoms with E-state index in [1.807, 2.05) is 6.07 Å². The Kier molecular flexibility index (Phi) is 13.7. The summed E-state index contributed by atoms with van der Waals surface area (Å²) >= 11 is 0. The highest BCUT2D eigenvalue weighted by Gasteiger charge is 2.55. The highest BCUT2D eigenvalue weighted by Crippen LogP contribution is 2.54. The van der Waals surface area contributed by atoms with Gasteiger partial charge in [-0.3, -0.25) is 36.8 Å². The van der Waals surface area contributed by atoms with E-state index < -0.39 is 103 Å². The Morgan fingerprint density at radius 2 is 1.21 bits per heavy atom. The summed E-state index contributed by atoms with van der Waals surface area (Å²) in [5, 5.41) is 19.8. The summed E-state index contributed by atoms with van der Waals surface area (Å²) in [6, 6.07) is 18.5. The molecular weight excluding hydrogens is 936 g/mol. The maximum Gasteiger partial charge on any atom is 0.406 e. The fourth-order valence-corrected chi connectivity index (χ4v) is 10.6. The van der Waals surface area contributed by atoms with Crippen LogP contribution in [-0.4, -0.2) is 120 Å². The molecule has 3 fully saturated rings. The second-order valence-electron chi connectivity index (χ2n) is 15.1. The van der Waals surface area contributed by atoms with E-state index in [1.54, 1.807) is 60.7 Å². The number of amides is 2. The van der Waals surface area contributed by atoms with Crippen molar-refractivity contribution in [1.29, 1.82) is 5.26 Å². The molecule has 3 aliphatic heterocycles. The van der Waals surface area contributed by atoms with Crippen LogP contribution in [0.3, 0.4) is 0 Å². The fourth-order valence-electron chi connectivity index (χ4n) is 7.58. The van der Waals surface area contributed by atoms with Crippen molar-refractivity contribution in [2.45, 2.75) is 55.6 Å². The van der Waals surface area contributed by atoms with Gasteiger partial charge < -0.3 is 25.0 Å². The molecule has 352 valence electrons. The van der Waals surface area contributed by atoms with Gasteiger partial charge in [0.25, 0.3) is 11.8 Å². The molecule has 4 unspecified atom stereocenters. The molecule has 4 aromatic heterocycles. The Labute approximate surface area is 383 Å². The van der Waals surface area contributed by atoms with Gasteiger partial charge >= 0.3 is 15.5 Å². The van der Waals surface area contributed by atoms with E-state index >= 15 is 8.78 Å². The number of nitrogens with zero attached hydrogens (tertiary/aromatic N) is 10. The van der Waals surface area contributed by atoms with Crippen molar-refractivity contribution in [1.82, 2.24) is 49.2 Å². The minimum Gasteiger partial charge on any atom is -0.347 e. The molecule has 24 nitrogen and oxygen atoms in total. The minimum atomic E-state index is -4.71. The molecule has 3 aliphatic rings. The van der Waals surface area contributed by atoms with Crippen LogP contribution in [0.4, 0.5) is 20.4 Å². The molecule has 0 radical (unpaired) electrons. The van der Waals surface area contributed by atoms with Crippen molar-refractivity contribution in [3.8, 4) is 6.07 Å². The molecule has 28 heteroatoms. The zero-order valence-electron chi connectivity index (χ0n) is 35.1. The van der Waals surface area contributed by atoms with Crippen LogP contribution >= 0.6 is 15.5 Å². The zero-order valence-corrected chi connectivity index (χ0v) is 36.9. The summed E-state index contributed by atoms with van der Waals surface area (Å²) in [7, 11) is -9.42. The lowest BCUT2D eigenvalue weighted by Crippen LogP contribution is -2.43. The molecule has 0 spiro atoms. The monoisotopic (exact) mass is 974 g/mol. The number of nitrogens with one attached hydrogen (secondary N) is 4. The number of carbonyl (C=O) groups is 2. The van der Waals surface area contributed by atoms with Gasteiger partial charge in [0, 0.05) is 24.2 Å². The normalized spacial score (nSPS) is 28.4. The molecule has 9 rings (SSSR count). The van der Waals surface area contributed by atoms with Gasteiger partial charge in [0.1, 0.15) is 43.7 Å². The Hall–Kier alpha value is -6.54. The first-order valence-electron chi connectivity index (χ1n) is 20.7. The third-order valence-corrected chi connectivity index (χ3v) is 14.0. The van der Waals surface area contributed by atoms with E-state index in [0.29, 0.717) is 11.1 Å². The summed E-state index contributed by atoms with van der Waals surface area (Å²) in [5.74, 6) is -1.00. The average Bonchev–Trinajstić information content (AvgIpc) is 4.12. The summed E-state index contributed by atoms with van der Waals surface area (Å²) in [4.78, 5) is 54.6. The summed E-state index contributed by atoms with van der Waals surface area (Å²) in [6.07, 6.45) is -9.85. The number of imidazole rings is 2. The van der Waals surface area contributed by atoms with Gasteiger partial charge in [-0.2, -0.15) is 5.26 Å². The fraction of sp³-hybridized carbons (Fsp3) is 0.350. The number of alkyl halides is 2. The van der Waals surface area contributed by atoms with Crippen LogP contribution in [0.2, 0.25) is 0 Å². The minimum absolute atomic E-state index is 0.00223. The smallest absolute Gasteiger partial charge is 0.347 e. The highest BCUT2D eigenvalue weighted by molar-refractivity contribution is 7.52. The van der Waals surface area contributed by atoms with E-state index in [4.69, 9.17) is 34.1 Å². The molecule has 4 N–H and O–H groups in total. The molecule has 6 aromatic rings. The maximum absolute atomic E-state index is 17.1. The van der Waals surface area contributed by atoms with Crippen molar-refractivity contribution >= 4 is 61.3 Å². The van der Waals surface area contributed by atoms with Gasteiger partial charge in [-0.05, 0) is 24.3 Å². The summed E-state index contributed by atoms with van der Waals surface area (Å²) < 4.78 is 101. The topological polar surface area (TPSA) is 287 Å². The number of benzene rings is 2. The van der Waals surface area contributed by atoms with Crippen molar-refractivity contribution in [2.75, 3.05) is 43.5 Å². The van der Waals surface area contributed by atoms with Gasteiger partial charge in [0.15, 0.2) is 58.8 Å². The first-order chi connectivity index (χ1) is 33.0. The van der Waals surface area contributed by atoms with E-state index in [-0.39, 0.29) is 46.9 Å². The third kappa shape index (κ3) is 9.60. The Balaban J connectivity index is 1.01. The van der Waals surface area contributed by atoms with Gasteiger partial charge in [0.2, 0.25) is 6.54 Å². The van der Waals surface area contributed by atoms with Crippen molar-refractivity contribution in [3.63, 3.8) is 0 Å². The van der Waals surface area contributed by atoms with Crippen LogP contribution in [-0.2, 0) is 36.7 Å². The number of hydrogen-bond donors (Lipinski definition) is 4. The lowest BCUT2D eigenvalue weighted by atomic mass is 10.1. The number of hydrogen-bond acceptors (Lipinski definition) is 17. The van der Waals surface area contributed by atoms with Crippen LogP contribution in [0.1, 0.15) is 39.6 Å². The van der Waals surface area contributed by atoms with Crippen molar-refractivity contribution in [2.24, 2.45) is 0 Å². The molecule has 0 bridgehead atoms. The number of anilines is 2. The van der Waals surface area contributed by atoms with Crippen LogP contribution in [0.5, 0.6) is 0 Å². The predicted octanol–water partition coefficient (Wildman–Crippen LogP) is 4.69. The molecule has 10 atom stereocenters. The van der Waals surface area contributed by atoms with Gasteiger partial charge in [-0.15, -0.1) is 0 Å².